The number of fused-ring (bicyclic) bond motifs is 1. The van der Waals surface area contributed by atoms with E-state index in [-0.39, 0.29) is 24.1 Å². The summed E-state index contributed by atoms with van der Waals surface area (Å²) in [7, 11) is 0. The second-order valence-electron chi connectivity index (χ2n) is 5.10. The Bertz CT molecular complexity index is 712. The molecule has 0 bridgehead atoms. The van der Waals surface area contributed by atoms with Crippen molar-refractivity contribution in [2.75, 3.05) is 0 Å². The zero-order valence-corrected chi connectivity index (χ0v) is 12.9. The fourth-order valence-electron chi connectivity index (χ4n) is 2.22. The Morgan fingerprint density at radius 2 is 2.24 bits per heavy atom. The predicted molar refractivity (Wildman–Crippen MR) is 83.5 cm³/mol. The molecule has 0 spiro atoms. The van der Waals surface area contributed by atoms with Crippen LogP contribution in [0.1, 0.15) is 26.7 Å². The molecule has 0 aliphatic carbocycles. The van der Waals surface area contributed by atoms with Crippen LogP contribution in [0.5, 0.6) is 0 Å². The van der Waals surface area contributed by atoms with Gasteiger partial charge in [0.15, 0.2) is 0 Å². The minimum absolute atomic E-state index is 0.0393. The normalized spacial score (nSPS) is 12.3. The number of nitrogens with zero attached hydrogens (tertiary/aromatic N) is 2. The van der Waals surface area contributed by atoms with Crippen LogP contribution >= 0.6 is 11.6 Å². The highest BCUT2D eigenvalue weighted by Crippen LogP contribution is 2.13. The lowest BCUT2D eigenvalue weighted by molar-refractivity contribution is -0.122. The Labute approximate surface area is 127 Å². The van der Waals surface area contributed by atoms with Crippen molar-refractivity contribution in [1.82, 2.24) is 14.9 Å². The summed E-state index contributed by atoms with van der Waals surface area (Å²) in [4.78, 5) is 28.4. The summed E-state index contributed by atoms with van der Waals surface area (Å²) in [6.45, 7) is 3.97. The molecule has 2 aromatic rings. The third-order valence-electron chi connectivity index (χ3n) is 3.23. The molecule has 1 atom stereocenters. The van der Waals surface area contributed by atoms with E-state index in [4.69, 9.17) is 11.6 Å². The average molecular weight is 308 g/mol. The first-order chi connectivity index (χ1) is 10.0. The van der Waals surface area contributed by atoms with Crippen molar-refractivity contribution >= 4 is 28.4 Å². The summed E-state index contributed by atoms with van der Waals surface area (Å²) in [6, 6.07) is 5.04. The molecule has 1 N–H and O–H groups in total. The maximum absolute atomic E-state index is 12.3. The second-order valence-corrected chi connectivity index (χ2v) is 5.53. The zero-order chi connectivity index (χ0) is 15.4. The van der Waals surface area contributed by atoms with Crippen molar-refractivity contribution in [3.8, 4) is 0 Å². The lowest BCUT2D eigenvalue weighted by atomic mass is 10.2. The molecule has 1 aromatic carbocycles. The van der Waals surface area contributed by atoms with Gasteiger partial charge in [0.05, 0.1) is 17.2 Å². The van der Waals surface area contributed by atoms with Crippen LogP contribution in [0.4, 0.5) is 0 Å². The molecule has 0 aliphatic rings. The van der Waals surface area contributed by atoms with Gasteiger partial charge < -0.3 is 5.32 Å². The first-order valence-corrected chi connectivity index (χ1v) is 7.33. The van der Waals surface area contributed by atoms with Crippen LogP contribution in [0.2, 0.25) is 5.02 Å². The average Bonchev–Trinajstić information content (AvgIpc) is 2.42. The van der Waals surface area contributed by atoms with Crippen LogP contribution in [-0.2, 0) is 11.3 Å². The summed E-state index contributed by atoms with van der Waals surface area (Å²) in [5.74, 6) is -0.193. The number of amides is 1. The standard InChI is InChI=1S/C15H18ClN3O2/c1-3-4-10(2)18-14(20)8-19-9-17-13-6-5-11(16)7-12(13)15(19)21/h5-7,9-10H,3-4,8H2,1-2H3,(H,18,20). The molecular formula is C15H18ClN3O2. The van der Waals surface area contributed by atoms with E-state index in [9.17, 15) is 9.59 Å². The summed E-state index contributed by atoms with van der Waals surface area (Å²) >= 11 is 5.90. The van der Waals surface area contributed by atoms with Gasteiger partial charge in [-0.15, -0.1) is 0 Å². The number of nitrogens with one attached hydrogen (secondary N) is 1. The van der Waals surface area contributed by atoms with Crippen LogP contribution in [0.15, 0.2) is 29.3 Å². The Hall–Kier alpha value is -1.88. The molecule has 0 aliphatic heterocycles. The van der Waals surface area contributed by atoms with Crippen molar-refractivity contribution in [3.63, 3.8) is 0 Å². The van der Waals surface area contributed by atoms with E-state index in [1.54, 1.807) is 18.2 Å². The first kappa shape index (κ1) is 15.5. The molecule has 0 fully saturated rings. The molecule has 21 heavy (non-hydrogen) atoms. The Morgan fingerprint density at radius 1 is 1.48 bits per heavy atom. The van der Waals surface area contributed by atoms with E-state index < -0.39 is 0 Å². The molecule has 1 aromatic heterocycles. The molecule has 1 amide bonds. The van der Waals surface area contributed by atoms with Gasteiger partial charge in [0.2, 0.25) is 5.91 Å². The molecule has 1 heterocycles. The third-order valence-corrected chi connectivity index (χ3v) is 3.46. The maximum atomic E-state index is 12.3. The molecule has 1 unspecified atom stereocenters. The first-order valence-electron chi connectivity index (χ1n) is 6.95. The van der Waals surface area contributed by atoms with E-state index in [1.165, 1.54) is 10.9 Å². The monoisotopic (exact) mass is 307 g/mol. The smallest absolute Gasteiger partial charge is 0.261 e. The molecule has 5 nitrogen and oxygen atoms in total. The lowest BCUT2D eigenvalue weighted by Crippen LogP contribution is -2.37. The fraction of sp³-hybridized carbons (Fsp3) is 0.400. The van der Waals surface area contributed by atoms with Crippen molar-refractivity contribution in [3.05, 3.63) is 39.9 Å². The Balaban J connectivity index is 2.21. The maximum Gasteiger partial charge on any atom is 0.261 e. The van der Waals surface area contributed by atoms with Gasteiger partial charge in [0.25, 0.3) is 5.56 Å². The SMILES string of the molecule is CCCC(C)NC(=O)Cn1cnc2ccc(Cl)cc2c1=O. The number of benzene rings is 1. The van der Waals surface area contributed by atoms with E-state index in [0.717, 1.165) is 12.8 Å². The molecular weight excluding hydrogens is 290 g/mol. The molecule has 0 radical (unpaired) electrons. The minimum atomic E-state index is -0.263. The molecule has 2 rings (SSSR count). The molecule has 0 saturated carbocycles. The van der Waals surface area contributed by atoms with Gasteiger partial charge in [-0.1, -0.05) is 24.9 Å². The quantitative estimate of drug-likeness (QED) is 0.922. The Kier molecular flexibility index (Phi) is 4.96. The van der Waals surface area contributed by atoms with Gasteiger partial charge in [-0.3, -0.25) is 14.2 Å². The van der Waals surface area contributed by atoms with Crippen LogP contribution in [0.25, 0.3) is 10.9 Å². The largest absolute Gasteiger partial charge is 0.352 e. The number of hydrogen-bond acceptors (Lipinski definition) is 3. The summed E-state index contributed by atoms with van der Waals surface area (Å²) < 4.78 is 1.30. The van der Waals surface area contributed by atoms with Gasteiger partial charge in [-0.25, -0.2) is 4.98 Å². The predicted octanol–water partition coefficient (Wildman–Crippen LogP) is 2.35. The van der Waals surface area contributed by atoms with Crippen LogP contribution in [0.3, 0.4) is 0 Å². The van der Waals surface area contributed by atoms with Gasteiger partial charge in [-0.05, 0) is 31.5 Å². The number of carbonyl (C=O) groups excluding carboxylic acids is 1. The summed E-state index contributed by atoms with van der Waals surface area (Å²) in [6.07, 6.45) is 3.30. The molecule has 6 heteroatoms. The highest BCUT2D eigenvalue weighted by molar-refractivity contribution is 6.31. The number of aromatic nitrogens is 2. The van der Waals surface area contributed by atoms with Gasteiger partial charge >= 0.3 is 0 Å². The molecule has 112 valence electrons. The number of halogens is 1. The van der Waals surface area contributed by atoms with Crippen LogP contribution in [0, 0.1) is 0 Å². The van der Waals surface area contributed by atoms with Gasteiger partial charge in [0.1, 0.15) is 6.54 Å². The van der Waals surface area contributed by atoms with Gasteiger partial charge in [-0.2, -0.15) is 0 Å². The lowest BCUT2D eigenvalue weighted by Gasteiger charge is -2.13. The fourth-order valence-corrected chi connectivity index (χ4v) is 2.40. The highest BCUT2D eigenvalue weighted by atomic mass is 35.5. The van der Waals surface area contributed by atoms with E-state index in [1.807, 2.05) is 6.92 Å². The highest BCUT2D eigenvalue weighted by Gasteiger charge is 2.10. The topological polar surface area (TPSA) is 64.0 Å². The minimum Gasteiger partial charge on any atom is -0.352 e. The second kappa shape index (κ2) is 6.72. The van der Waals surface area contributed by atoms with Crippen LogP contribution in [-0.4, -0.2) is 21.5 Å². The van der Waals surface area contributed by atoms with Gasteiger partial charge in [0, 0.05) is 11.1 Å². The van der Waals surface area contributed by atoms with E-state index in [2.05, 4.69) is 17.2 Å². The number of hydrogen-bond donors (Lipinski definition) is 1. The van der Waals surface area contributed by atoms with Crippen molar-refractivity contribution < 1.29 is 4.79 Å². The number of rotatable bonds is 5. The summed E-state index contributed by atoms with van der Waals surface area (Å²) in [5.41, 5.74) is 0.307. The molecule has 0 saturated heterocycles. The van der Waals surface area contributed by atoms with Crippen molar-refractivity contribution in [2.45, 2.75) is 39.3 Å². The summed E-state index contributed by atoms with van der Waals surface area (Å²) in [5, 5.41) is 3.75. The van der Waals surface area contributed by atoms with E-state index in [0.29, 0.717) is 15.9 Å². The number of carbonyl (C=O) groups is 1. The third kappa shape index (κ3) is 3.82. The van der Waals surface area contributed by atoms with E-state index >= 15 is 0 Å². The Morgan fingerprint density at radius 3 is 2.95 bits per heavy atom. The zero-order valence-electron chi connectivity index (χ0n) is 12.1. The van der Waals surface area contributed by atoms with Crippen molar-refractivity contribution in [1.29, 1.82) is 0 Å². The van der Waals surface area contributed by atoms with Crippen LogP contribution < -0.4 is 10.9 Å². The van der Waals surface area contributed by atoms with Crippen molar-refractivity contribution in [2.24, 2.45) is 0 Å².